The molecule has 1 aromatic rings. The van der Waals surface area contributed by atoms with Gasteiger partial charge in [0, 0.05) is 12.1 Å². The van der Waals surface area contributed by atoms with Gasteiger partial charge in [0.05, 0.1) is 12.2 Å². The number of nitrogens with zero attached hydrogens (tertiary/aromatic N) is 1. The number of para-hydroxylation sites is 1. The van der Waals surface area contributed by atoms with Crippen LogP contribution in [-0.2, 0) is 14.4 Å². The lowest BCUT2D eigenvalue weighted by Gasteiger charge is -2.08. The molecular formula is C13H14N3O5-. The quantitative estimate of drug-likeness (QED) is 0.372. The Balaban J connectivity index is 2.65. The summed E-state index contributed by atoms with van der Waals surface area (Å²) in [5.74, 6) is -2.79. The molecule has 2 amide bonds. The van der Waals surface area contributed by atoms with Crippen LogP contribution in [0.15, 0.2) is 29.4 Å². The fourth-order valence-electron chi connectivity index (χ4n) is 1.31. The van der Waals surface area contributed by atoms with E-state index in [0.29, 0.717) is 12.1 Å². The molecule has 0 saturated heterocycles. The molecule has 8 heteroatoms. The van der Waals surface area contributed by atoms with Crippen LogP contribution in [0, 0.1) is 0 Å². The molecule has 21 heavy (non-hydrogen) atoms. The fraction of sp³-hybridized carbons (Fsp3) is 0.231. The average molecular weight is 292 g/mol. The zero-order chi connectivity index (χ0) is 15.7. The first-order chi connectivity index (χ1) is 10.0. The number of amides is 2. The topological polar surface area (TPSA) is 120 Å². The third kappa shape index (κ3) is 5.72. The van der Waals surface area contributed by atoms with Crippen LogP contribution in [-0.4, -0.2) is 37.1 Å². The molecule has 0 atom stereocenters. The number of carboxylic acids is 1. The maximum absolute atomic E-state index is 11.3. The van der Waals surface area contributed by atoms with Crippen molar-refractivity contribution < 1.29 is 24.2 Å². The molecule has 0 aliphatic rings. The van der Waals surface area contributed by atoms with Gasteiger partial charge in [-0.05, 0) is 19.1 Å². The number of carbonyl (C=O) groups is 3. The maximum atomic E-state index is 11.3. The predicted octanol–water partition coefficient (Wildman–Crippen LogP) is -1.60. The van der Waals surface area contributed by atoms with Crippen LogP contribution < -0.4 is 20.6 Å². The van der Waals surface area contributed by atoms with E-state index in [1.807, 2.05) is 5.43 Å². The number of carboxylic acid groups (broad SMARTS) is 1. The lowest BCUT2D eigenvalue weighted by molar-refractivity contribution is -0.307. The van der Waals surface area contributed by atoms with Crippen LogP contribution in [0.2, 0.25) is 0 Å². The van der Waals surface area contributed by atoms with Gasteiger partial charge in [-0.25, -0.2) is 5.43 Å². The Morgan fingerprint density at radius 2 is 2.00 bits per heavy atom. The standard InChI is InChI=1S/C13H15N3O5/c1-2-14-12(19)13(20)16-15-7-9-5-3-4-6-10(9)21-8-11(17)18/h3-7H,2,8H2,1H3,(H,14,19)(H,16,20)(H,17,18)/p-1/b15-7-. The number of ether oxygens (including phenoxy) is 1. The molecule has 0 aliphatic carbocycles. The van der Waals surface area contributed by atoms with E-state index in [4.69, 9.17) is 4.74 Å². The number of nitrogens with one attached hydrogen (secondary N) is 2. The Kier molecular flexibility index (Phi) is 6.39. The zero-order valence-corrected chi connectivity index (χ0v) is 11.3. The van der Waals surface area contributed by atoms with Crippen LogP contribution >= 0.6 is 0 Å². The minimum absolute atomic E-state index is 0.262. The molecule has 0 saturated carbocycles. The Labute approximate surface area is 120 Å². The van der Waals surface area contributed by atoms with E-state index < -0.39 is 24.4 Å². The summed E-state index contributed by atoms with van der Waals surface area (Å²) in [5.41, 5.74) is 2.48. The lowest BCUT2D eigenvalue weighted by atomic mass is 10.2. The van der Waals surface area contributed by atoms with E-state index in [1.165, 1.54) is 12.3 Å². The number of rotatable bonds is 6. The van der Waals surface area contributed by atoms with Gasteiger partial charge in [0.15, 0.2) is 0 Å². The predicted molar refractivity (Wildman–Crippen MR) is 71.4 cm³/mol. The minimum atomic E-state index is -1.36. The van der Waals surface area contributed by atoms with E-state index in [-0.39, 0.29) is 5.75 Å². The normalized spacial score (nSPS) is 10.1. The van der Waals surface area contributed by atoms with Crippen molar-refractivity contribution >= 4 is 24.0 Å². The third-order valence-electron chi connectivity index (χ3n) is 2.18. The summed E-state index contributed by atoms with van der Waals surface area (Å²) in [5, 5.41) is 16.3. The molecule has 1 rings (SSSR count). The molecule has 0 spiro atoms. The summed E-state index contributed by atoms with van der Waals surface area (Å²) in [6.45, 7) is 1.41. The first kappa shape index (κ1) is 16.2. The van der Waals surface area contributed by atoms with Gasteiger partial charge in [0.2, 0.25) is 0 Å². The first-order valence-electron chi connectivity index (χ1n) is 6.07. The van der Waals surface area contributed by atoms with Crippen molar-refractivity contribution in [2.24, 2.45) is 5.10 Å². The summed E-state index contributed by atoms with van der Waals surface area (Å²) in [7, 11) is 0. The molecule has 0 bridgehead atoms. The number of hydrazone groups is 1. The van der Waals surface area contributed by atoms with Gasteiger partial charge in [-0.15, -0.1) is 0 Å². The Hall–Kier alpha value is -2.90. The van der Waals surface area contributed by atoms with E-state index in [9.17, 15) is 19.5 Å². The number of likely N-dealkylation sites (N-methyl/N-ethyl adjacent to an activating group) is 1. The molecule has 0 fully saturated rings. The van der Waals surface area contributed by atoms with Crippen molar-refractivity contribution in [3.05, 3.63) is 29.8 Å². The number of hydrogen-bond acceptors (Lipinski definition) is 6. The Bertz CT molecular complexity index is 556. The monoisotopic (exact) mass is 292 g/mol. The number of aliphatic carboxylic acids is 1. The summed E-state index contributed by atoms with van der Waals surface area (Å²) < 4.78 is 5.00. The van der Waals surface area contributed by atoms with Gasteiger partial charge in [0.1, 0.15) is 12.4 Å². The Morgan fingerprint density at radius 1 is 1.29 bits per heavy atom. The average Bonchev–Trinajstić information content (AvgIpc) is 2.46. The van der Waals surface area contributed by atoms with Crippen molar-refractivity contribution in [3.8, 4) is 5.75 Å². The Morgan fingerprint density at radius 3 is 2.67 bits per heavy atom. The first-order valence-corrected chi connectivity index (χ1v) is 6.07. The van der Waals surface area contributed by atoms with Crippen molar-refractivity contribution in [3.63, 3.8) is 0 Å². The third-order valence-corrected chi connectivity index (χ3v) is 2.18. The van der Waals surface area contributed by atoms with Crippen molar-refractivity contribution in [2.45, 2.75) is 6.92 Å². The van der Waals surface area contributed by atoms with Crippen LogP contribution in [0.4, 0.5) is 0 Å². The molecule has 2 N–H and O–H groups in total. The molecule has 8 nitrogen and oxygen atoms in total. The summed E-state index contributed by atoms with van der Waals surface area (Å²) in [6.07, 6.45) is 1.24. The van der Waals surface area contributed by atoms with E-state index >= 15 is 0 Å². The van der Waals surface area contributed by atoms with Gasteiger partial charge in [0.25, 0.3) is 0 Å². The largest absolute Gasteiger partial charge is 0.546 e. The zero-order valence-electron chi connectivity index (χ0n) is 11.3. The second-order valence-corrected chi connectivity index (χ2v) is 3.76. The second kappa shape index (κ2) is 8.31. The van der Waals surface area contributed by atoms with Crippen molar-refractivity contribution in [1.82, 2.24) is 10.7 Å². The second-order valence-electron chi connectivity index (χ2n) is 3.76. The molecule has 0 unspecified atom stereocenters. The van der Waals surface area contributed by atoms with Crippen molar-refractivity contribution in [1.29, 1.82) is 0 Å². The summed E-state index contributed by atoms with van der Waals surface area (Å²) in [4.78, 5) is 32.8. The highest BCUT2D eigenvalue weighted by molar-refractivity contribution is 6.35. The van der Waals surface area contributed by atoms with Gasteiger partial charge in [-0.1, -0.05) is 12.1 Å². The molecule has 0 aromatic heterocycles. The molecule has 0 aliphatic heterocycles. The van der Waals surface area contributed by atoms with Gasteiger partial charge >= 0.3 is 11.8 Å². The SMILES string of the molecule is CCNC(=O)C(=O)N/N=C\c1ccccc1OCC(=O)[O-]. The lowest BCUT2D eigenvalue weighted by Crippen LogP contribution is -2.37. The molecule has 0 radical (unpaired) electrons. The van der Waals surface area contributed by atoms with Crippen LogP contribution in [0.5, 0.6) is 5.75 Å². The van der Waals surface area contributed by atoms with E-state index in [2.05, 4.69) is 10.4 Å². The van der Waals surface area contributed by atoms with Crippen LogP contribution in [0.1, 0.15) is 12.5 Å². The maximum Gasteiger partial charge on any atom is 0.329 e. The molecule has 112 valence electrons. The van der Waals surface area contributed by atoms with E-state index in [0.717, 1.165) is 0 Å². The smallest absolute Gasteiger partial charge is 0.329 e. The highest BCUT2D eigenvalue weighted by Gasteiger charge is 2.10. The number of hydrogen-bond donors (Lipinski definition) is 2. The van der Waals surface area contributed by atoms with Gasteiger partial charge in [-0.2, -0.15) is 5.10 Å². The molecule has 1 aromatic carbocycles. The van der Waals surface area contributed by atoms with E-state index in [1.54, 1.807) is 25.1 Å². The number of carbonyl (C=O) groups excluding carboxylic acids is 3. The highest BCUT2D eigenvalue weighted by Crippen LogP contribution is 2.15. The fourth-order valence-corrected chi connectivity index (χ4v) is 1.31. The molecular weight excluding hydrogens is 278 g/mol. The molecule has 0 heterocycles. The number of benzene rings is 1. The van der Waals surface area contributed by atoms with Crippen LogP contribution in [0.3, 0.4) is 0 Å². The highest BCUT2D eigenvalue weighted by atomic mass is 16.5. The summed E-state index contributed by atoms with van der Waals surface area (Å²) >= 11 is 0. The van der Waals surface area contributed by atoms with Crippen LogP contribution in [0.25, 0.3) is 0 Å². The summed E-state index contributed by atoms with van der Waals surface area (Å²) in [6, 6.07) is 6.47. The van der Waals surface area contributed by atoms with Gasteiger partial charge in [-0.3, -0.25) is 9.59 Å². The minimum Gasteiger partial charge on any atom is -0.546 e. The van der Waals surface area contributed by atoms with Crippen molar-refractivity contribution in [2.75, 3.05) is 13.2 Å². The van der Waals surface area contributed by atoms with Gasteiger partial charge < -0.3 is 20.0 Å².